The molecule has 1 saturated heterocycles. The van der Waals surface area contributed by atoms with E-state index in [4.69, 9.17) is 22.1 Å². The summed E-state index contributed by atoms with van der Waals surface area (Å²) in [6, 6.07) is 4.38. The highest BCUT2D eigenvalue weighted by atomic mass is 35.5. The fourth-order valence-electron chi connectivity index (χ4n) is 3.08. The lowest BCUT2D eigenvalue weighted by molar-refractivity contribution is 0.402. The molecule has 2 N–H and O–H groups in total. The van der Waals surface area contributed by atoms with Gasteiger partial charge in [-0.1, -0.05) is 18.5 Å². The number of benzene rings is 1. The molecule has 0 amide bonds. The van der Waals surface area contributed by atoms with E-state index in [1.54, 1.807) is 6.07 Å². The second-order valence-electron chi connectivity index (χ2n) is 6.41. The van der Waals surface area contributed by atoms with Crippen molar-refractivity contribution in [3.63, 3.8) is 0 Å². The molecular formula is C17H21ClN4O3S. The first kappa shape index (κ1) is 18.7. The van der Waals surface area contributed by atoms with Gasteiger partial charge in [-0.3, -0.25) is 0 Å². The van der Waals surface area contributed by atoms with Crippen LogP contribution in [0.15, 0.2) is 34.2 Å². The molecule has 1 atom stereocenters. The summed E-state index contributed by atoms with van der Waals surface area (Å²) < 4.78 is 31.2. The van der Waals surface area contributed by atoms with Crippen molar-refractivity contribution in [3.05, 3.63) is 29.4 Å². The maximum atomic E-state index is 13.0. The number of anilines is 2. The highest BCUT2D eigenvalue weighted by molar-refractivity contribution is 7.91. The molecule has 1 aliphatic heterocycles. The molecule has 9 heteroatoms. The van der Waals surface area contributed by atoms with Gasteiger partial charge < -0.3 is 15.4 Å². The predicted octanol–water partition coefficient (Wildman–Crippen LogP) is 2.79. The monoisotopic (exact) mass is 396 g/mol. The number of rotatable bonds is 4. The smallest absolute Gasteiger partial charge is 0.227 e. The second kappa shape index (κ2) is 7.28. The molecule has 0 saturated carbocycles. The summed E-state index contributed by atoms with van der Waals surface area (Å²) in [5.74, 6) is 1.08. The molecule has 7 nitrogen and oxygen atoms in total. The molecule has 2 heterocycles. The molecule has 0 radical (unpaired) electrons. The van der Waals surface area contributed by atoms with Crippen molar-refractivity contribution in [1.29, 1.82) is 0 Å². The van der Waals surface area contributed by atoms with Crippen LogP contribution in [0.25, 0.3) is 0 Å². The average Bonchev–Trinajstić information content (AvgIpc) is 2.61. The van der Waals surface area contributed by atoms with E-state index in [2.05, 4.69) is 16.9 Å². The van der Waals surface area contributed by atoms with Gasteiger partial charge in [-0.05, 0) is 37.0 Å². The molecule has 3 rings (SSSR count). The average molecular weight is 397 g/mol. The Bertz CT molecular complexity index is 920. The highest BCUT2D eigenvalue weighted by Crippen LogP contribution is 2.34. The number of halogens is 1. The van der Waals surface area contributed by atoms with E-state index in [0.717, 1.165) is 25.9 Å². The van der Waals surface area contributed by atoms with Gasteiger partial charge in [0, 0.05) is 18.1 Å². The van der Waals surface area contributed by atoms with Crippen LogP contribution in [0.4, 0.5) is 11.8 Å². The van der Waals surface area contributed by atoms with Crippen LogP contribution < -0.4 is 15.4 Å². The third-order valence-corrected chi connectivity index (χ3v) is 6.44. The van der Waals surface area contributed by atoms with Crippen LogP contribution in [0.2, 0.25) is 5.02 Å². The third-order valence-electron chi connectivity index (χ3n) is 4.41. The summed E-state index contributed by atoms with van der Waals surface area (Å²) >= 11 is 5.96. The number of methoxy groups -OCH3 is 1. The Morgan fingerprint density at radius 1 is 1.35 bits per heavy atom. The van der Waals surface area contributed by atoms with E-state index < -0.39 is 9.84 Å². The van der Waals surface area contributed by atoms with Gasteiger partial charge in [-0.25, -0.2) is 13.4 Å². The maximum Gasteiger partial charge on any atom is 0.227 e. The lowest BCUT2D eigenvalue weighted by Crippen LogP contribution is -2.35. The van der Waals surface area contributed by atoms with Crippen molar-refractivity contribution in [3.8, 4) is 5.75 Å². The lowest BCUT2D eigenvalue weighted by atomic mass is 10.0. The third kappa shape index (κ3) is 3.57. The first-order valence-electron chi connectivity index (χ1n) is 8.29. The van der Waals surface area contributed by atoms with Crippen LogP contribution in [0.1, 0.15) is 19.8 Å². The topological polar surface area (TPSA) is 98.4 Å². The second-order valence-corrected chi connectivity index (χ2v) is 8.73. The van der Waals surface area contributed by atoms with Crippen LogP contribution in [-0.4, -0.2) is 38.6 Å². The van der Waals surface area contributed by atoms with Gasteiger partial charge in [0.2, 0.25) is 15.8 Å². The van der Waals surface area contributed by atoms with Gasteiger partial charge in [0.05, 0.1) is 13.3 Å². The Hall–Kier alpha value is -2.06. The number of hydrogen-bond donors (Lipinski definition) is 1. The van der Waals surface area contributed by atoms with Gasteiger partial charge in [0.1, 0.15) is 21.4 Å². The Labute approximate surface area is 158 Å². The number of hydrogen-bond acceptors (Lipinski definition) is 7. The number of sulfone groups is 1. The van der Waals surface area contributed by atoms with Crippen molar-refractivity contribution in [2.45, 2.75) is 29.6 Å². The van der Waals surface area contributed by atoms with Gasteiger partial charge in [-0.2, -0.15) is 4.98 Å². The van der Waals surface area contributed by atoms with E-state index in [1.165, 1.54) is 25.4 Å². The highest BCUT2D eigenvalue weighted by Gasteiger charge is 2.27. The van der Waals surface area contributed by atoms with Crippen LogP contribution in [0, 0.1) is 5.92 Å². The van der Waals surface area contributed by atoms with Crippen molar-refractivity contribution in [1.82, 2.24) is 9.97 Å². The molecule has 1 aromatic carbocycles. The molecule has 1 aliphatic rings. The number of aromatic nitrogens is 2. The largest absolute Gasteiger partial charge is 0.495 e. The summed E-state index contributed by atoms with van der Waals surface area (Å²) in [5, 5.41) is 0.280. The number of piperidine rings is 1. The lowest BCUT2D eigenvalue weighted by Gasteiger charge is -2.31. The molecule has 0 aliphatic carbocycles. The van der Waals surface area contributed by atoms with E-state index in [-0.39, 0.29) is 26.4 Å². The molecule has 0 unspecified atom stereocenters. The fraction of sp³-hybridized carbons (Fsp3) is 0.412. The van der Waals surface area contributed by atoms with Crippen LogP contribution in [-0.2, 0) is 9.84 Å². The van der Waals surface area contributed by atoms with E-state index in [9.17, 15) is 8.42 Å². The quantitative estimate of drug-likeness (QED) is 0.848. The SMILES string of the molecule is COc1ccc(Cl)cc1S(=O)(=O)c1cnc(N2CCC[C@H](C)C2)nc1N. The fourth-order valence-corrected chi connectivity index (χ4v) is 4.77. The zero-order chi connectivity index (χ0) is 18.9. The molecule has 2 aromatic rings. The van der Waals surface area contributed by atoms with E-state index in [0.29, 0.717) is 11.9 Å². The number of nitrogen functional groups attached to an aromatic ring is 1. The summed E-state index contributed by atoms with van der Waals surface area (Å²) in [6.07, 6.45) is 3.46. The minimum Gasteiger partial charge on any atom is -0.495 e. The van der Waals surface area contributed by atoms with Gasteiger partial charge in [0.25, 0.3) is 0 Å². The van der Waals surface area contributed by atoms with E-state index >= 15 is 0 Å². The van der Waals surface area contributed by atoms with Crippen molar-refractivity contribution in [2.75, 3.05) is 30.8 Å². The molecule has 1 aromatic heterocycles. The zero-order valence-electron chi connectivity index (χ0n) is 14.6. The predicted molar refractivity (Wildman–Crippen MR) is 101 cm³/mol. The first-order chi connectivity index (χ1) is 12.3. The molecular weight excluding hydrogens is 376 g/mol. The Balaban J connectivity index is 2.00. The Morgan fingerprint density at radius 2 is 2.12 bits per heavy atom. The summed E-state index contributed by atoms with van der Waals surface area (Å²) in [4.78, 5) is 10.3. The zero-order valence-corrected chi connectivity index (χ0v) is 16.2. The van der Waals surface area contributed by atoms with Gasteiger partial charge >= 0.3 is 0 Å². The first-order valence-corrected chi connectivity index (χ1v) is 10.1. The van der Waals surface area contributed by atoms with Crippen molar-refractivity contribution < 1.29 is 13.2 Å². The summed E-state index contributed by atoms with van der Waals surface area (Å²) in [5.41, 5.74) is 5.98. The molecule has 1 fully saturated rings. The van der Waals surface area contributed by atoms with Crippen molar-refractivity contribution in [2.24, 2.45) is 5.92 Å². The Morgan fingerprint density at radius 3 is 2.77 bits per heavy atom. The Kier molecular flexibility index (Phi) is 5.24. The van der Waals surface area contributed by atoms with Crippen LogP contribution in [0.3, 0.4) is 0 Å². The summed E-state index contributed by atoms with van der Waals surface area (Å²) in [6.45, 7) is 3.82. The van der Waals surface area contributed by atoms with Crippen molar-refractivity contribution >= 4 is 33.2 Å². The number of ether oxygens (including phenoxy) is 1. The normalized spacial score (nSPS) is 18.0. The molecule has 0 bridgehead atoms. The standard InChI is InChI=1S/C17H21ClN4O3S/c1-11-4-3-7-22(10-11)17-20-9-15(16(19)21-17)26(23,24)14-8-12(18)5-6-13(14)25-2/h5-6,8-9,11H,3-4,7,10H2,1-2H3,(H2,19,20,21)/t11-/m0/s1. The molecule has 26 heavy (non-hydrogen) atoms. The number of nitrogens with two attached hydrogens (primary N) is 1. The van der Waals surface area contributed by atoms with Gasteiger partial charge in [0.15, 0.2) is 0 Å². The molecule has 0 spiro atoms. The molecule has 140 valence electrons. The van der Waals surface area contributed by atoms with Crippen LogP contribution in [0.5, 0.6) is 5.75 Å². The summed E-state index contributed by atoms with van der Waals surface area (Å²) in [7, 11) is -2.58. The minimum atomic E-state index is -3.97. The van der Waals surface area contributed by atoms with Gasteiger partial charge in [-0.15, -0.1) is 0 Å². The van der Waals surface area contributed by atoms with E-state index in [1.807, 2.05) is 4.90 Å². The maximum absolute atomic E-state index is 13.0. The minimum absolute atomic E-state index is 0.0675. The van der Waals surface area contributed by atoms with Crippen LogP contribution >= 0.6 is 11.6 Å². The number of nitrogens with zero attached hydrogens (tertiary/aromatic N) is 3.